The van der Waals surface area contributed by atoms with Gasteiger partial charge in [-0.3, -0.25) is 4.79 Å². The topological polar surface area (TPSA) is 72.8 Å². The molecule has 0 rings (SSSR count). The number of rotatable bonds is 6. The highest BCUT2D eigenvalue weighted by molar-refractivity contribution is 5.70. The van der Waals surface area contributed by atoms with Crippen molar-refractivity contribution in [2.24, 2.45) is 0 Å². The Morgan fingerprint density at radius 2 is 1.73 bits per heavy atom. The molecule has 15 heavy (non-hydrogen) atoms. The van der Waals surface area contributed by atoms with Crippen LogP contribution in [0, 0.1) is 0 Å². The molecule has 0 aromatic carbocycles. The van der Waals surface area contributed by atoms with E-state index in [0.717, 1.165) is 6.42 Å². The van der Waals surface area contributed by atoms with Gasteiger partial charge in [0.15, 0.2) is 0 Å². The van der Waals surface area contributed by atoms with Gasteiger partial charge in [-0.05, 0) is 20.3 Å². The van der Waals surface area contributed by atoms with Crippen LogP contribution in [0.2, 0.25) is 0 Å². The molecular weight excluding hydrogens is 200 g/mol. The normalized spacial score (nSPS) is 8.73. The van der Waals surface area contributed by atoms with Gasteiger partial charge in [-0.1, -0.05) is 6.92 Å². The number of ether oxygens (including phenoxy) is 2. The fourth-order valence-corrected chi connectivity index (χ4v) is 0.602. The lowest BCUT2D eigenvalue weighted by atomic mass is 10.4. The Balaban J connectivity index is 0. The first-order valence-corrected chi connectivity index (χ1v) is 5.03. The number of carbonyl (C=O) groups excluding carboxylic acids is 1. The molecule has 0 amide bonds. The van der Waals surface area contributed by atoms with E-state index in [9.17, 15) is 9.59 Å². The average molecular weight is 220 g/mol. The molecule has 0 radical (unpaired) electrons. The number of carbonyl (C=O) groups is 2. The molecule has 0 spiro atoms. The van der Waals surface area contributed by atoms with E-state index in [4.69, 9.17) is 9.84 Å². The molecule has 5 nitrogen and oxygen atoms in total. The summed E-state index contributed by atoms with van der Waals surface area (Å²) >= 11 is 0. The molecule has 0 saturated carbocycles. The summed E-state index contributed by atoms with van der Waals surface area (Å²) in [4.78, 5) is 20.1. The van der Waals surface area contributed by atoms with Gasteiger partial charge in [0.2, 0.25) is 0 Å². The molecular formula is C10H20O5. The number of hydrogen-bond donors (Lipinski definition) is 1. The van der Waals surface area contributed by atoms with Crippen molar-refractivity contribution in [1.29, 1.82) is 0 Å². The Labute approximate surface area is 90.4 Å². The number of hydrogen-bond acceptors (Lipinski definition) is 4. The fraction of sp³-hybridized carbons (Fsp3) is 0.800. The van der Waals surface area contributed by atoms with Gasteiger partial charge in [-0.2, -0.15) is 0 Å². The van der Waals surface area contributed by atoms with Crippen LogP contribution in [0.25, 0.3) is 0 Å². The molecule has 5 heteroatoms. The van der Waals surface area contributed by atoms with Crippen LogP contribution < -0.4 is 0 Å². The summed E-state index contributed by atoms with van der Waals surface area (Å²) in [5.74, 6) is -1.00. The zero-order chi connectivity index (χ0) is 12.1. The van der Waals surface area contributed by atoms with E-state index < -0.39 is 5.97 Å². The van der Waals surface area contributed by atoms with E-state index in [1.54, 1.807) is 6.92 Å². The number of carboxylic acids is 1. The molecule has 0 aromatic heterocycles. The number of esters is 1. The largest absolute Gasteiger partial charge is 0.481 e. The summed E-state index contributed by atoms with van der Waals surface area (Å²) in [5, 5.41) is 7.91. The maximum Gasteiger partial charge on any atom is 0.332 e. The predicted molar refractivity (Wildman–Crippen MR) is 55.7 cm³/mol. The van der Waals surface area contributed by atoms with Gasteiger partial charge in [0.05, 0.1) is 6.61 Å². The van der Waals surface area contributed by atoms with Crippen molar-refractivity contribution in [2.75, 3.05) is 19.8 Å². The van der Waals surface area contributed by atoms with Gasteiger partial charge in [0.1, 0.15) is 6.61 Å². The van der Waals surface area contributed by atoms with Crippen LogP contribution in [-0.4, -0.2) is 36.9 Å². The van der Waals surface area contributed by atoms with E-state index in [1.165, 1.54) is 0 Å². The van der Waals surface area contributed by atoms with Gasteiger partial charge in [0, 0.05) is 13.0 Å². The minimum Gasteiger partial charge on any atom is -0.481 e. The first kappa shape index (κ1) is 16.3. The Morgan fingerprint density at radius 1 is 1.13 bits per heavy atom. The van der Waals surface area contributed by atoms with Crippen molar-refractivity contribution in [1.82, 2.24) is 0 Å². The monoisotopic (exact) mass is 220 g/mol. The summed E-state index contributed by atoms with van der Waals surface area (Å²) in [7, 11) is 0. The third kappa shape index (κ3) is 19.3. The first-order chi connectivity index (χ1) is 7.08. The highest BCUT2D eigenvalue weighted by Gasteiger charge is 1.97. The lowest BCUT2D eigenvalue weighted by Gasteiger charge is -1.99. The fourth-order valence-electron chi connectivity index (χ4n) is 0.602. The smallest absolute Gasteiger partial charge is 0.332 e. The Bertz CT molecular complexity index is 167. The molecule has 0 saturated heterocycles. The van der Waals surface area contributed by atoms with Crippen LogP contribution in [0.5, 0.6) is 0 Å². The molecule has 0 aliphatic rings. The summed E-state index contributed by atoms with van der Waals surface area (Å²) in [6, 6.07) is 0. The molecule has 0 bridgehead atoms. The number of carboxylic acid groups (broad SMARTS) is 1. The van der Waals surface area contributed by atoms with E-state index in [0.29, 0.717) is 19.6 Å². The molecule has 0 unspecified atom stereocenters. The zero-order valence-electron chi connectivity index (χ0n) is 9.62. The van der Waals surface area contributed by atoms with Gasteiger partial charge < -0.3 is 14.6 Å². The molecule has 90 valence electrons. The van der Waals surface area contributed by atoms with E-state index in [1.807, 2.05) is 13.8 Å². The van der Waals surface area contributed by atoms with Gasteiger partial charge in [-0.15, -0.1) is 0 Å². The quantitative estimate of drug-likeness (QED) is 0.686. The van der Waals surface area contributed by atoms with E-state index in [2.05, 4.69) is 4.74 Å². The molecule has 0 atom stereocenters. The summed E-state index contributed by atoms with van der Waals surface area (Å²) < 4.78 is 9.35. The summed E-state index contributed by atoms with van der Waals surface area (Å²) in [5.41, 5.74) is 0. The average Bonchev–Trinajstić information content (AvgIpc) is 2.16. The first-order valence-electron chi connectivity index (χ1n) is 5.03. The maximum absolute atomic E-state index is 10.5. The van der Waals surface area contributed by atoms with Crippen molar-refractivity contribution in [3.05, 3.63) is 0 Å². The molecule has 1 N–H and O–H groups in total. The molecule has 0 heterocycles. The van der Waals surface area contributed by atoms with Crippen LogP contribution in [0.4, 0.5) is 0 Å². The molecule has 0 aliphatic heterocycles. The van der Waals surface area contributed by atoms with Crippen molar-refractivity contribution in [3.63, 3.8) is 0 Å². The van der Waals surface area contributed by atoms with Crippen LogP contribution in [-0.2, 0) is 19.1 Å². The Kier molecular flexibility index (Phi) is 14.0. The minimum absolute atomic E-state index is 0.0737. The Morgan fingerprint density at radius 3 is 2.00 bits per heavy atom. The highest BCUT2D eigenvalue weighted by atomic mass is 16.6. The van der Waals surface area contributed by atoms with Crippen molar-refractivity contribution in [2.45, 2.75) is 33.6 Å². The van der Waals surface area contributed by atoms with Gasteiger partial charge in [0.25, 0.3) is 0 Å². The van der Waals surface area contributed by atoms with Gasteiger partial charge >= 0.3 is 11.9 Å². The van der Waals surface area contributed by atoms with Crippen molar-refractivity contribution < 1.29 is 24.2 Å². The Hall–Kier alpha value is -1.10. The SMILES string of the molecule is CCCC(=O)O.CCOCC(=O)OCC. The van der Waals surface area contributed by atoms with Crippen LogP contribution in [0.1, 0.15) is 33.6 Å². The van der Waals surface area contributed by atoms with Crippen LogP contribution in [0.15, 0.2) is 0 Å². The second kappa shape index (κ2) is 12.9. The number of aliphatic carboxylic acids is 1. The van der Waals surface area contributed by atoms with Crippen LogP contribution in [0.3, 0.4) is 0 Å². The van der Waals surface area contributed by atoms with Crippen LogP contribution >= 0.6 is 0 Å². The third-order valence-electron chi connectivity index (χ3n) is 1.19. The van der Waals surface area contributed by atoms with E-state index in [-0.39, 0.29) is 12.6 Å². The van der Waals surface area contributed by atoms with Crippen molar-refractivity contribution >= 4 is 11.9 Å². The summed E-state index contributed by atoms with van der Waals surface area (Å²) in [6.45, 7) is 6.49. The maximum atomic E-state index is 10.5. The lowest BCUT2D eigenvalue weighted by Crippen LogP contribution is -2.11. The second-order valence-corrected chi connectivity index (χ2v) is 2.59. The highest BCUT2D eigenvalue weighted by Crippen LogP contribution is 1.82. The second-order valence-electron chi connectivity index (χ2n) is 2.59. The standard InChI is InChI=1S/C6H12O3.C4H8O2/c1-3-8-5-6(7)9-4-2;1-2-3-4(5)6/h3-5H2,1-2H3;2-3H2,1H3,(H,5,6). The van der Waals surface area contributed by atoms with Crippen molar-refractivity contribution in [3.8, 4) is 0 Å². The zero-order valence-corrected chi connectivity index (χ0v) is 9.62. The molecule has 0 aromatic rings. The lowest BCUT2D eigenvalue weighted by molar-refractivity contribution is -0.148. The molecule has 0 aliphatic carbocycles. The predicted octanol–water partition coefficient (Wildman–Crippen LogP) is 1.46. The third-order valence-corrected chi connectivity index (χ3v) is 1.19. The minimum atomic E-state index is -0.711. The van der Waals surface area contributed by atoms with E-state index >= 15 is 0 Å². The van der Waals surface area contributed by atoms with Gasteiger partial charge in [-0.25, -0.2) is 4.79 Å². The molecule has 0 fully saturated rings. The summed E-state index contributed by atoms with van der Waals surface area (Å²) in [6.07, 6.45) is 1.02.